The van der Waals surface area contributed by atoms with Crippen LogP contribution < -0.4 is 5.63 Å². The van der Waals surface area contributed by atoms with Crippen LogP contribution in [0, 0.1) is 0 Å². The molecule has 3 heterocycles. The van der Waals surface area contributed by atoms with E-state index >= 15 is 0 Å². The van der Waals surface area contributed by atoms with Crippen molar-refractivity contribution in [1.29, 1.82) is 0 Å². The number of fused-ring (bicyclic) bond motifs is 1. The number of nitrogens with zero attached hydrogens (tertiary/aromatic N) is 3. The van der Waals surface area contributed by atoms with Gasteiger partial charge in [-0.3, -0.25) is 9.78 Å². The molecule has 0 saturated heterocycles. The molecule has 0 N–H and O–H groups in total. The fourth-order valence-corrected chi connectivity index (χ4v) is 2.97. The minimum absolute atomic E-state index is 0.000616. The SMILES string of the molecule is O=C(CSc1nnc(-c2ccccn2)o1)c1cc2ccccc2oc1=O. The van der Waals surface area contributed by atoms with Crippen molar-refractivity contribution >= 4 is 28.5 Å². The van der Waals surface area contributed by atoms with Gasteiger partial charge in [-0.05, 0) is 24.3 Å². The van der Waals surface area contributed by atoms with E-state index in [1.165, 1.54) is 6.07 Å². The Kier molecular flexibility index (Phi) is 4.32. The van der Waals surface area contributed by atoms with Gasteiger partial charge in [0.15, 0.2) is 5.78 Å². The van der Waals surface area contributed by atoms with Crippen LogP contribution in [0.1, 0.15) is 10.4 Å². The number of aromatic nitrogens is 3. The molecule has 0 atom stereocenters. The Morgan fingerprint density at radius 1 is 1.04 bits per heavy atom. The zero-order valence-corrected chi connectivity index (χ0v) is 14.1. The Labute approximate surface area is 151 Å². The van der Waals surface area contributed by atoms with Gasteiger partial charge in [-0.2, -0.15) is 0 Å². The fourth-order valence-electron chi connectivity index (χ4n) is 2.32. The normalized spacial score (nSPS) is 10.9. The predicted molar refractivity (Wildman–Crippen MR) is 95.1 cm³/mol. The number of hydrogen-bond acceptors (Lipinski definition) is 8. The molecule has 4 aromatic rings. The van der Waals surface area contributed by atoms with E-state index in [0.717, 1.165) is 11.8 Å². The number of hydrogen-bond donors (Lipinski definition) is 0. The van der Waals surface area contributed by atoms with Gasteiger partial charge in [0.1, 0.15) is 16.8 Å². The van der Waals surface area contributed by atoms with Crippen LogP contribution in [0.2, 0.25) is 0 Å². The van der Waals surface area contributed by atoms with E-state index < -0.39 is 5.63 Å². The minimum Gasteiger partial charge on any atom is -0.422 e. The van der Waals surface area contributed by atoms with Crippen molar-refractivity contribution in [1.82, 2.24) is 15.2 Å². The predicted octanol–water partition coefficient (Wildman–Crippen LogP) is 3.21. The van der Waals surface area contributed by atoms with Crippen LogP contribution in [0.15, 0.2) is 73.6 Å². The number of Topliss-reactive ketones (excluding diaryl/α,β-unsaturated/α-hetero) is 1. The van der Waals surface area contributed by atoms with Gasteiger partial charge in [0.05, 0.1) is 5.75 Å². The second kappa shape index (κ2) is 6.93. The number of ketones is 1. The number of benzene rings is 1. The highest BCUT2D eigenvalue weighted by Gasteiger charge is 2.16. The number of thioether (sulfide) groups is 1. The maximum absolute atomic E-state index is 12.4. The molecule has 0 fully saturated rings. The molecular formula is C18H11N3O4S. The molecule has 0 saturated carbocycles. The zero-order chi connectivity index (χ0) is 17.9. The van der Waals surface area contributed by atoms with Crippen molar-refractivity contribution in [2.75, 3.05) is 5.75 Å². The Balaban J connectivity index is 1.50. The van der Waals surface area contributed by atoms with Crippen LogP contribution in [-0.4, -0.2) is 26.7 Å². The molecule has 3 aromatic heterocycles. The highest BCUT2D eigenvalue weighted by atomic mass is 32.2. The van der Waals surface area contributed by atoms with Crippen molar-refractivity contribution in [2.24, 2.45) is 0 Å². The Morgan fingerprint density at radius 2 is 1.88 bits per heavy atom. The molecule has 0 aliphatic rings. The molecule has 8 heteroatoms. The first-order valence-electron chi connectivity index (χ1n) is 7.64. The first-order chi connectivity index (χ1) is 12.7. The fraction of sp³-hybridized carbons (Fsp3) is 0.0556. The summed E-state index contributed by atoms with van der Waals surface area (Å²) in [4.78, 5) is 28.5. The summed E-state index contributed by atoms with van der Waals surface area (Å²) in [5.41, 5.74) is 0.335. The number of rotatable bonds is 5. The van der Waals surface area contributed by atoms with Crippen molar-refractivity contribution in [3.8, 4) is 11.6 Å². The van der Waals surface area contributed by atoms with Gasteiger partial charge < -0.3 is 8.83 Å². The Morgan fingerprint density at radius 3 is 2.73 bits per heavy atom. The maximum Gasteiger partial charge on any atom is 0.347 e. The van der Waals surface area contributed by atoms with Crippen molar-refractivity contribution < 1.29 is 13.6 Å². The molecule has 0 radical (unpaired) electrons. The Hall–Kier alpha value is -3.26. The molecule has 0 bridgehead atoms. The number of pyridine rings is 1. The first kappa shape index (κ1) is 16.2. The largest absolute Gasteiger partial charge is 0.422 e. The van der Waals surface area contributed by atoms with E-state index in [2.05, 4.69) is 15.2 Å². The van der Waals surface area contributed by atoms with Gasteiger partial charge in [0, 0.05) is 11.6 Å². The van der Waals surface area contributed by atoms with E-state index in [9.17, 15) is 9.59 Å². The quantitative estimate of drug-likeness (QED) is 0.302. The highest BCUT2D eigenvalue weighted by molar-refractivity contribution is 7.99. The van der Waals surface area contributed by atoms with E-state index in [0.29, 0.717) is 16.7 Å². The van der Waals surface area contributed by atoms with Crippen molar-refractivity contribution in [3.05, 3.63) is 70.7 Å². The molecule has 0 unspecified atom stereocenters. The van der Waals surface area contributed by atoms with Gasteiger partial charge in [-0.15, -0.1) is 10.2 Å². The highest BCUT2D eigenvalue weighted by Crippen LogP contribution is 2.22. The van der Waals surface area contributed by atoms with E-state index in [1.807, 2.05) is 12.1 Å². The maximum atomic E-state index is 12.4. The van der Waals surface area contributed by atoms with Gasteiger partial charge in [0.25, 0.3) is 11.1 Å². The van der Waals surface area contributed by atoms with Crippen LogP contribution >= 0.6 is 11.8 Å². The van der Waals surface area contributed by atoms with E-state index in [4.69, 9.17) is 8.83 Å². The third kappa shape index (κ3) is 3.27. The van der Waals surface area contributed by atoms with Crippen LogP contribution in [0.25, 0.3) is 22.6 Å². The van der Waals surface area contributed by atoms with E-state index in [1.54, 1.807) is 36.5 Å². The van der Waals surface area contributed by atoms with Gasteiger partial charge >= 0.3 is 5.63 Å². The molecule has 1 aromatic carbocycles. The number of carbonyl (C=O) groups is 1. The van der Waals surface area contributed by atoms with E-state index in [-0.39, 0.29) is 28.2 Å². The van der Waals surface area contributed by atoms with Crippen LogP contribution in [0.4, 0.5) is 0 Å². The minimum atomic E-state index is -0.658. The molecule has 7 nitrogen and oxygen atoms in total. The van der Waals surface area contributed by atoms with Crippen molar-refractivity contribution in [3.63, 3.8) is 0 Å². The summed E-state index contributed by atoms with van der Waals surface area (Å²) >= 11 is 1.05. The first-order valence-corrected chi connectivity index (χ1v) is 8.63. The lowest BCUT2D eigenvalue weighted by molar-refractivity contribution is 0.101. The third-order valence-electron chi connectivity index (χ3n) is 3.56. The zero-order valence-electron chi connectivity index (χ0n) is 13.3. The smallest absolute Gasteiger partial charge is 0.347 e. The average Bonchev–Trinajstić information content (AvgIpc) is 3.15. The molecule has 128 valence electrons. The summed E-state index contributed by atoms with van der Waals surface area (Å²) in [6.45, 7) is 0. The third-order valence-corrected chi connectivity index (χ3v) is 4.38. The molecule has 0 spiro atoms. The molecule has 26 heavy (non-hydrogen) atoms. The topological polar surface area (TPSA) is 99.1 Å². The number of carbonyl (C=O) groups excluding carboxylic acids is 1. The monoisotopic (exact) mass is 365 g/mol. The molecular weight excluding hydrogens is 354 g/mol. The molecule has 0 aliphatic heterocycles. The summed E-state index contributed by atoms with van der Waals surface area (Å²) in [5.74, 6) is -0.120. The van der Waals surface area contributed by atoms with Gasteiger partial charge in [0.2, 0.25) is 0 Å². The number of para-hydroxylation sites is 1. The van der Waals surface area contributed by atoms with Crippen LogP contribution in [0.3, 0.4) is 0 Å². The molecule has 0 aliphatic carbocycles. The Bertz CT molecular complexity index is 1140. The lowest BCUT2D eigenvalue weighted by Gasteiger charge is -2.00. The standard InChI is InChI=1S/C18H11N3O4S/c22-14(12-9-11-5-1-2-7-15(11)24-17(12)23)10-26-18-21-20-16(25-18)13-6-3-4-8-19-13/h1-9H,10H2. The average molecular weight is 365 g/mol. The summed E-state index contributed by atoms with van der Waals surface area (Å²) < 4.78 is 10.7. The molecule has 0 amide bonds. The van der Waals surface area contributed by atoms with Gasteiger partial charge in [-0.25, -0.2) is 4.79 Å². The van der Waals surface area contributed by atoms with Crippen LogP contribution in [0.5, 0.6) is 0 Å². The summed E-state index contributed by atoms with van der Waals surface area (Å²) in [6, 6.07) is 13.9. The summed E-state index contributed by atoms with van der Waals surface area (Å²) in [7, 11) is 0. The van der Waals surface area contributed by atoms with Crippen molar-refractivity contribution in [2.45, 2.75) is 5.22 Å². The van der Waals surface area contributed by atoms with Gasteiger partial charge in [-0.1, -0.05) is 36.0 Å². The molecule has 4 rings (SSSR count). The lowest BCUT2D eigenvalue weighted by atomic mass is 10.1. The lowest BCUT2D eigenvalue weighted by Crippen LogP contribution is -2.15. The second-order valence-corrected chi connectivity index (χ2v) is 6.21. The summed E-state index contributed by atoms with van der Waals surface area (Å²) in [6.07, 6.45) is 1.62. The van der Waals surface area contributed by atoms with Crippen LogP contribution in [-0.2, 0) is 0 Å². The summed E-state index contributed by atoms with van der Waals surface area (Å²) in [5, 5.41) is 8.70. The second-order valence-electron chi connectivity index (χ2n) is 5.29.